The lowest BCUT2D eigenvalue weighted by atomic mass is 9.93. The number of aromatic nitrogens is 1. The Hall–Kier alpha value is -2.46. The van der Waals surface area contributed by atoms with E-state index in [1.165, 1.54) is 0 Å². The zero-order chi connectivity index (χ0) is 16.8. The summed E-state index contributed by atoms with van der Waals surface area (Å²) in [6.07, 6.45) is 3.61. The highest BCUT2D eigenvalue weighted by Gasteiger charge is 2.19. The topological polar surface area (TPSA) is 42.0 Å². The van der Waals surface area contributed by atoms with Crippen LogP contribution in [0.25, 0.3) is 10.6 Å². The molecule has 0 spiro atoms. The van der Waals surface area contributed by atoms with Crippen LogP contribution in [0.15, 0.2) is 66.2 Å². The number of nitrogens with zero attached hydrogens (tertiary/aromatic N) is 1. The lowest BCUT2D eigenvalue weighted by Gasteiger charge is -2.16. The average molecular weight is 336 g/mol. The maximum absolute atomic E-state index is 12.7. The smallest absolute Gasteiger partial charge is 0.231 e. The second-order valence-corrected chi connectivity index (χ2v) is 6.55. The molecule has 0 fully saturated rings. The molecule has 0 radical (unpaired) electrons. The molecule has 3 aromatic rings. The first kappa shape index (κ1) is 16.4. The van der Waals surface area contributed by atoms with Gasteiger partial charge < -0.3 is 5.32 Å². The molecule has 0 aliphatic heterocycles. The van der Waals surface area contributed by atoms with Gasteiger partial charge in [0, 0.05) is 22.8 Å². The van der Waals surface area contributed by atoms with Crippen molar-refractivity contribution in [1.29, 1.82) is 0 Å². The molecule has 0 aliphatic carbocycles. The zero-order valence-corrected chi connectivity index (χ0v) is 14.4. The van der Waals surface area contributed by atoms with Crippen molar-refractivity contribution in [3.63, 3.8) is 0 Å². The molecule has 0 aliphatic rings. The predicted molar refractivity (Wildman–Crippen MR) is 100 cm³/mol. The average Bonchev–Trinajstić information content (AvgIpc) is 3.15. The SMILES string of the molecule is CCCC(C(=O)Nc1ccc(-c2nccs2)cc1)c1ccccc1. The minimum absolute atomic E-state index is 0.0463. The van der Waals surface area contributed by atoms with Crippen LogP contribution in [0, 0.1) is 0 Å². The van der Waals surface area contributed by atoms with Crippen molar-refractivity contribution in [2.45, 2.75) is 25.7 Å². The number of thiazole rings is 1. The van der Waals surface area contributed by atoms with E-state index in [4.69, 9.17) is 0 Å². The minimum Gasteiger partial charge on any atom is -0.326 e. The monoisotopic (exact) mass is 336 g/mol. The molecule has 1 atom stereocenters. The third-order valence-corrected chi connectivity index (χ3v) is 4.75. The third kappa shape index (κ3) is 3.89. The second-order valence-electron chi connectivity index (χ2n) is 5.66. The van der Waals surface area contributed by atoms with E-state index in [-0.39, 0.29) is 11.8 Å². The van der Waals surface area contributed by atoms with Crippen LogP contribution in [0.4, 0.5) is 5.69 Å². The molecule has 0 saturated carbocycles. The van der Waals surface area contributed by atoms with Crippen LogP contribution in [0.3, 0.4) is 0 Å². The van der Waals surface area contributed by atoms with Crippen molar-refractivity contribution in [3.05, 3.63) is 71.7 Å². The van der Waals surface area contributed by atoms with Gasteiger partial charge in [0.15, 0.2) is 0 Å². The summed E-state index contributed by atoms with van der Waals surface area (Å²) in [5, 5.41) is 5.99. The molecule has 1 N–H and O–H groups in total. The van der Waals surface area contributed by atoms with Gasteiger partial charge in [0.05, 0.1) is 5.92 Å². The molecule has 122 valence electrons. The number of benzene rings is 2. The Morgan fingerprint density at radius 3 is 2.50 bits per heavy atom. The van der Waals surface area contributed by atoms with Gasteiger partial charge >= 0.3 is 0 Å². The van der Waals surface area contributed by atoms with Gasteiger partial charge in [-0.1, -0.05) is 43.7 Å². The molecule has 24 heavy (non-hydrogen) atoms. The number of rotatable bonds is 6. The van der Waals surface area contributed by atoms with Crippen LogP contribution in [-0.4, -0.2) is 10.9 Å². The normalized spacial score (nSPS) is 11.9. The summed E-state index contributed by atoms with van der Waals surface area (Å²) in [5.74, 6) is -0.0695. The molecule has 0 saturated heterocycles. The van der Waals surface area contributed by atoms with Gasteiger partial charge in [-0.2, -0.15) is 0 Å². The molecule has 3 rings (SSSR count). The Labute approximate surface area is 146 Å². The first-order valence-electron chi connectivity index (χ1n) is 8.13. The summed E-state index contributed by atoms with van der Waals surface area (Å²) in [6.45, 7) is 2.10. The highest BCUT2D eigenvalue weighted by Crippen LogP contribution is 2.26. The van der Waals surface area contributed by atoms with E-state index in [9.17, 15) is 4.79 Å². The summed E-state index contributed by atoms with van der Waals surface area (Å²) in [4.78, 5) is 17.0. The van der Waals surface area contributed by atoms with Crippen molar-refractivity contribution in [1.82, 2.24) is 4.98 Å². The fraction of sp³-hybridized carbons (Fsp3) is 0.200. The van der Waals surface area contributed by atoms with Crippen molar-refractivity contribution in [2.24, 2.45) is 0 Å². The van der Waals surface area contributed by atoms with Crippen molar-refractivity contribution in [3.8, 4) is 10.6 Å². The van der Waals surface area contributed by atoms with Gasteiger partial charge in [-0.15, -0.1) is 11.3 Å². The molecular formula is C20H20N2OS. The van der Waals surface area contributed by atoms with Gasteiger partial charge in [0.1, 0.15) is 5.01 Å². The Morgan fingerprint density at radius 1 is 1.12 bits per heavy atom. The highest BCUT2D eigenvalue weighted by molar-refractivity contribution is 7.13. The second kappa shape index (κ2) is 7.88. The van der Waals surface area contributed by atoms with Gasteiger partial charge in [0.2, 0.25) is 5.91 Å². The van der Waals surface area contributed by atoms with Crippen molar-refractivity contribution < 1.29 is 4.79 Å². The third-order valence-electron chi connectivity index (χ3n) is 3.93. The number of hydrogen-bond donors (Lipinski definition) is 1. The number of nitrogens with one attached hydrogen (secondary N) is 1. The molecule has 4 heteroatoms. The maximum atomic E-state index is 12.7. The number of carbonyl (C=O) groups is 1. The summed E-state index contributed by atoms with van der Waals surface area (Å²) in [7, 11) is 0. The van der Waals surface area contributed by atoms with E-state index >= 15 is 0 Å². The molecule has 1 unspecified atom stereocenters. The molecule has 1 aromatic heterocycles. The fourth-order valence-electron chi connectivity index (χ4n) is 2.71. The zero-order valence-electron chi connectivity index (χ0n) is 13.6. The van der Waals surface area contributed by atoms with Gasteiger partial charge in [-0.05, 0) is 36.2 Å². The molecule has 1 heterocycles. The first-order valence-corrected chi connectivity index (χ1v) is 9.01. The van der Waals surface area contributed by atoms with Gasteiger partial charge in [0.25, 0.3) is 0 Å². The number of anilines is 1. The van der Waals surface area contributed by atoms with E-state index in [1.54, 1.807) is 17.5 Å². The van der Waals surface area contributed by atoms with E-state index in [1.807, 2.05) is 60.0 Å². The maximum Gasteiger partial charge on any atom is 0.231 e. The Morgan fingerprint density at radius 2 is 1.88 bits per heavy atom. The highest BCUT2D eigenvalue weighted by atomic mass is 32.1. The first-order chi connectivity index (χ1) is 11.8. The molecule has 0 bridgehead atoms. The molecule has 3 nitrogen and oxygen atoms in total. The van der Waals surface area contributed by atoms with Gasteiger partial charge in [-0.25, -0.2) is 4.98 Å². The summed E-state index contributed by atoms with van der Waals surface area (Å²) in [5.41, 5.74) is 2.95. The quantitative estimate of drug-likeness (QED) is 0.661. The largest absolute Gasteiger partial charge is 0.326 e. The lowest BCUT2D eigenvalue weighted by molar-refractivity contribution is -0.117. The number of carbonyl (C=O) groups excluding carboxylic acids is 1. The van der Waals surface area contributed by atoms with Crippen LogP contribution in [0.1, 0.15) is 31.2 Å². The van der Waals surface area contributed by atoms with E-state index < -0.39 is 0 Å². The van der Waals surface area contributed by atoms with Crippen molar-refractivity contribution >= 4 is 22.9 Å². The van der Waals surface area contributed by atoms with Crippen LogP contribution in [0.2, 0.25) is 0 Å². The van der Waals surface area contributed by atoms with Crippen LogP contribution in [-0.2, 0) is 4.79 Å². The van der Waals surface area contributed by atoms with Crippen LogP contribution >= 0.6 is 11.3 Å². The molecule has 2 aromatic carbocycles. The molecule has 1 amide bonds. The lowest BCUT2D eigenvalue weighted by Crippen LogP contribution is -2.21. The van der Waals surface area contributed by atoms with Crippen molar-refractivity contribution in [2.75, 3.05) is 5.32 Å². The van der Waals surface area contributed by atoms with E-state index in [2.05, 4.69) is 17.2 Å². The van der Waals surface area contributed by atoms with Gasteiger partial charge in [-0.3, -0.25) is 4.79 Å². The number of hydrogen-bond acceptors (Lipinski definition) is 3. The van der Waals surface area contributed by atoms with Crippen LogP contribution in [0.5, 0.6) is 0 Å². The van der Waals surface area contributed by atoms with E-state index in [0.29, 0.717) is 0 Å². The summed E-state index contributed by atoms with van der Waals surface area (Å²) >= 11 is 1.61. The standard InChI is InChI=1S/C20H20N2OS/c1-2-6-18(15-7-4-3-5-8-15)19(23)22-17-11-9-16(10-12-17)20-21-13-14-24-20/h3-5,7-14,18H,2,6H2,1H3,(H,22,23). The Balaban J connectivity index is 1.73. The minimum atomic E-state index is -0.116. The number of amides is 1. The summed E-state index contributed by atoms with van der Waals surface area (Å²) < 4.78 is 0. The summed E-state index contributed by atoms with van der Waals surface area (Å²) in [6, 6.07) is 17.8. The molecular weight excluding hydrogens is 316 g/mol. The fourth-order valence-corrected chi connectivity index (χ4v) is 3.36. The predicted octanol–water partition coefficient (Wildman–Crippen LogP) is 5.33. The van der Waals surface area contributed by atoms with E-state index in [0.717, 1.165) is 34.7 Å². The van der Waals surface area contributed by atoms with Crippen LogP contribution < -0.4 is 5.32 Å². The Kier molecular flexibility index (Phi) is 5.39. The Bertz CT molecular complexity index is 767.